The van der Waals surface area contributed by atoms with Gasteiger partial charge in [-0.2, -0.15) is 5.10 Å². The number of methoxy groups -OCH3 is 1. The Hall–Kier alpha value is -0.390. The second-order valence-electron chi connectivity index (χ2n) is 5.51. The van der Waals surface area contributed by atoms with Crippen LogP contribution in [0.1, 0.15) is 45.5 Å². The summed E-state index contributed by atoms with van der Waals surface area (Å²) in [6.07, 6.45) is 2.57. The van der Waals surface area contributed by atoms with Crippen LogP contribution in [0.15, 0.2) is 4.47 Å². The van der Waals surface area contributed by atoms with Crippen molar-refractivity contribution >= 4 is 15.9 Å². The van der Waals surface area contributed by atoms with E-state index in [1.165, 1.54) is 5.69 Å². The predicted octanol–water partition coefficient (Wildman–Crippen LogP) is 2.91. The molecular weight excluding hydrogens is 306 g/mol. The van der Waals surface area contributed by atoms with Crippen molar-refractivity contribution < 1.29 is 4.74 Å². The molecule has 1 rings (SSSR count). The van der Waals surface area contributed by atoms with Crippen LogP contribution < -0.4 is 5.73 Å². The van der Waals surface area contributed by atoms with Gasteiger partial charge in [-0.25, -0.2) is 0 Å². The van der Waals surface area contributed by atoms with Gasteiger partial charge < -0.3 is 10.5 Å². The number of nitrogens with zero attached hydrogens (tertiary/aromatic N) is 2. The van der Waals surface area contributed by atoms with Crippen LogP contribution in [0.3, 0.4) is 0 Å². The van der Waals surface area contributed by atoms with Gasteiger partial charge in [0.15, 0.2) is 0 Å². The van der Waals surface area contributed by atoms with Gasteiger partial charge in [0.05, 0.1) is 21.5 Å². The zero-order valence-corrected chi connectivity index (χ0v) is 14.2. The van der Waals surface area contributed by atoms with E-state index in [9.17, 15) is 0 Å². The van der Waals surface area contributed by atoms with Crippen LogP contribution in [-0.4, -0.2) is 28.5 Å². The van der Waals surface area contributed by atoms with Crippen molar-refractivity contribution in [2.24, 2.45) is 5.73 Å². The molecule has 0 amide bonds. The number of halogens is 1. The molecule has 1 unspecified atom stereocenters. The monoisotopic (exact) mass is 331 g/mol. The first-order valence-electron chi connectivity index (χ1n) is 6.89. The lowest BCUT2D eigenvalue weighted by Crippen LogP contribution is -2.35. The Morgan fingerprint density at radius 1 is 1.42 bits per heavy atom. The van der Waals surface area contributed by atoms with E-state index in [4.69, 9.17) is 10.5 Å². The highest BCUT2D eigenvalue weighted by molar-refractivity contribution is 9.10. The highest BCUT2D eigenvalue weighted by Crippen LogP contribution is 2.25. The van der Waals surface area contributed by atoms with E-state index in [1.54, 1.807) is 7.11 Å². The Balaban J connectivity index is 2.84. The predicted molar refractivity (Wildman–Crippen MR) is 82.4 cm³/mol. The maximum absolute atomic E-state index is 6.27. The van der Waals surface area contributed by atoms with E-state index in [2.05, 4.69) is 48.7 Å². The number of hydrogen-bond acceptors (Lipinski definition) is 3. The van der Waals surface area contributed by atoms with Crippen LogP contribution >= 0.6 is 15.9 Å². The number of nitrogens with two attached hydrogens (primary N) is 1. The number of hydrogen-bond donors (Lipinski definition) is 1. The Labute approximate surface area is 124 Å². The van der Waals surface area contributed by atoms with E-state index in [1.807, 2.05) is 4.68 Å². The molecule has 0 fully saturated rings. The van der Waals surface area contributed by atoms with Crippen LogP contribution in [0, 0.1) is 0 Å². The summed E-state index contributed by atoms with van der Waals surface area (Å²) in [7, 11) is 1.73. The van der Waals surface area contributed by atoms with E-state index in [0.29, 0.717) is 0 Å². The van der Waals surface area contributed by atoms with Gasteiger partial charge in [0.2, 0.25) is 0 Å². The number of aromatic nitrogens is 2. The van der Waals surface area contributed by atoms with Crippen LogP contribution in [0.4, 0.5) is 0 Å². The van der Waals surface area contributed by atoms with Crippen molar-refractivity contribution in [3.05, 3.63) is 15.9 Å². The van der Waals surface area contributed by atoms with Crippen LogP contribution in [0.5, 0.6) is 0 Å². The molecule has 0 saturated heterocycles. The van der Waals surface area contributed by atoms with Gasteiger partial charge in [0.1, 0.15) is 0 Å². The zero-order chi connectivity index (χ0) is 14.6. The lowest BCUT2D eigenvalue weighted by molar-refractivity contribution is 0.0101. The molecule has 0 saturated carbocycles. The summed E-state index contributed by atoms with van der Waals surface area (Å²) in [5, 5.41) is 4.60. The van der Waals surface area contributed by atoms with Gasteiger partial charge in [-0.15, -0.1) is 0 Å². The highest BCUT2D eigenvalue weighted by atomic mass is 79.9. The van der Waals surface area contributed by atoms with E-state index < -0.39 is 0 Å². The Bertz CT molecular complexity index is 415. The van der Waals surface area contributed by atoms with Crippen LogP contribution in [0.25, 0.3) is 0 Å². The van der Waals surface area contributed by atoms with Gasteiger partial charge in [-0.05, 0) is 49.5 Å². The molecule has 110 valence electrons. The molecular formula is C14H26BrN3O. The minimum absolute atomic E-state index is 0.0676. The third kappa shape index (κ3) is 4.29. The van der Waals surface area contributed by atoms with Gasteiger partial charge in [0.25, 0.3) is 0 Å². The minimum Gasteiger partial charge on any atom is -0.379 e. The number of rotatable bonds is 7. The number of aryl methyl sites for hydroxylation is 2. The van der Waals surface area contributed by atoms with E-state index >= 15 is 0 Å². The standard InChI is InChI=1S/C14H26BrN3O/c1-6-11-13(15)12(18(7-2)17-11)8-10(16)9-14(3,4)19-5/h10H,6-9,16H2,1-5H3. The molecule has 1 aromatic heterocycles. The van der Waals surface area contributed by atoms with Gasteiger partial charge in [0, 0.05) is 26.1 Å². The first kappa shape index (κ1) is 16.7. The molecule has 1 atom stereocenters. The van der Waals surface area contributed by atoms with Gasteiger partial charge in [-0.3, -0.25) is 4.68 Å². The molecule has 0 bridgehead atoms. The van der Waals surface area contributed by atoms with Crippen molar-refractivity contribution in [2.45, 2.75) is 65.1 Å². The van der Waals surface area contributed by atoms with Crippen molar-refractivity contribution in [2.75, 3.05) is 7.11 Å². The summed E-state index contributed by atoms with van der Waals surface area (Å²) < 4.78 is 8.60. The number of ether oxygens (including phenoxy) is 1. The van der Waals surface area contributed by atoms with Crippen LogP contribution in [-0.2, 0) is 24.1 Å². The van der Waals surface area contributed by atoms with Gasteiger partial charge >= 0.3 is 0 Å². The molecule has 5 heteroatoms. The van der Waals surface area contributed by atoms with Gasteiger partial charge in [-0.1, -0.05) is 6.92 Å². The third-order valence-corrected chi connectivity index (χ3v) is 4.37. The molecule has 0 radical (unpaired) electrons. The average molecular weight is 332 g/mol. The Kier molecular flexibility index (Phi) is 6.02. The second kappa shape index (κ2) is 6.86. The van der Waals surface area contributed by atoms with Crippen molar-refractivity contribution in [3.63, 3.8) is 0 Å². The summed E-state index contributed by atoms with van der Waals surface area (Å²) in [6.45, 7) is 9.22. The average Bonchev–Trinajstić information content (AvgIpc) is 2.65. The molecule has 2 N–H and O–H groups in total. The molecule has 0 aliphatic rings. The first-order chi connectivity index (χ1) is 8.84. The Morgan fingerprint density at radius 2 is 2.05 bits per heavy atom. The topological polar surface area (TPSA) is 53.1 Å². The summed E-state index contributed by atoms with van der Waals surface area (Å²) >= 11 is 3.66. The third-order valence-electron chi connectivity index (χ3n) is 3.46. The largest absolute Gasteiger partial charge is 0.379 e. The lowest BCUT2D eigenvalue weighted by atomic mass is 9.96. The first-order valence-corrected chi connectivity index (χ1v) is 7.68. The maximum Gasteiger partial charge on any atom is 0.0766 e. The summed E-state index contributed by atoms with van der Waals surface area (Å²) in [5.41, 5.74) is 8.38. The van der Waals surface area contributed by atoms with Crippen molar-refractivity contribution in [1.82, 2.24) is 9.78 Å². The summed E-state index contributed by atoms with van der Waals surface area (Å²) in [4.78, 5) is 0. The van der Waals surface area contributed by atoms with Crippen molar-refractivity contribution in [3.8, 4) is 0 Å². The Morgan fingerprint density at radius 3 is 2.53 bits per heavy atom. The smallest absolute Gasteiger partial charge is 0.0766 e. The zero-order valence-electron chi connectivity index (χ0n) is 12.7. The van der Waals surface area contributed by atoms with E-state index in [-0.39, 0.29) is 11.6 Å². The molecule has 0 aromatic carbocycles. The summed E-state index contributed by atoms with van der Waals surface area (Å²) in [6, 6.07) is 0.0676. The molecule has 0 spiro atoms. The van der Waals surface area contributed by atoms with Crippen LogP contribution in [0.2, 0.25) is 0 Å². The SMILES string of the molecule is CCc1nn(CC)c(CC(N)CC(C)(C)OC)c1Br. The molecule has 1 heterocycles. The fourth-order valence-electron chi connectivity index (χ4n) is 2.25. The maximum atomic E-state index is 6.27. The quantitative estimate of drug-likeness (QED) is 0.835. The lowest BCUT2D eigenvalue weighted by Gasteiger charge is -2.26. The highest BCUT2D eigenvalue weighted by Gasteiger charge is 2.23. The molecule has 19 heavy (non-hydrogen) atoms. The van der Waals surface area contributed by atoms with E-state index in [0.717, 1.165) is 36.0 Å². The summed E-state index contributed by atoms with van der Waals surface area (Å²) in [5.74, 6) is 0. The van der Waals surface area contributed by atoms with Crippen molar-refractivity contribution in [1.29, 1.82) is 0 Å². The molecule has 1 aromatic rings. The fraction of sp³-hybridized carbons (Fsp3) is 0.786. The minimum atomic E-state index is -0.184. The molecule has 4 nitrogen and oxygen atoms in total. The molecule has 0 aliphatic heterocycles. The second-order valence-corrected chi connectivity index (χ2v) is 6.30. The normalized spacial score (nSPS) is 13.8. The molecule has 0 aliphatic carbocycles. The fourth-order valence-corrected chi connectivity index (χ4v) is 2.97.